The summed E-state index contributed by atoms with van der Waals surface area (Å²) in [5.41, 5.74) is 1.46. The van der Waals surface area contributed by atoms with Crippen molar-refractivity contribution in [3.05, 3.63) is 54.6 Å². The van der Waals surface area contributed by atoms with Gasteiger partial charge in [-0.15, -0.1) is 0 Å². The van der Waals surface area contributed by atoms with Gasteiger partial charge < -0.3 is 4.57 Å². The maximum absolute atomic E-state index is 4.25. The fourth-order valence-corrected chi connectivity index (χ4v) is 3.43. The molecule has 1 aromatic carbocycles. The number of imidazole rings is 1. The fraction of sp³-hybridized carbons (Fsp3) is 0.550. The second kappa shape index (κ2) is 9.45. The molecule has 2 rings (SSSR count). The second-order valence-corrected chi connectivity index (χ2v) is 6.28. The normalized spacial score (nSPS) is 13.9. The van der Waals surface area contributed by atoms with Crippen LogP contribution < -0.4 is 0 Å². The zero-order chi connectivity index (χ0) is 15.6. The van der Waals surface area contributed by atoms with E-state index in [1.165, 1.54) is 50.5 Å². The van der Waals surface area contributed by atoms with Crippen LogP contribution >= 0.6 is 0 Å². The first kappa shape index (κ1) is 16.8. The van der Waals surface area contributed by atoms with Crippen LogP contribution in [0.25, 0.3) is 0 Å². The van der Waals surface area contributed by atoms with Gasteiger partial charge in [-0.25, -0.2) is 4.98 Å². The van der Waals surface area contributed by atoms with Gasteiger partial charge in [-0.3, -0.25) is 0 Å². The number of nitrogens with zero attached hydrogens (tertiary/aromatic N) is 2. The molecule has 22 heavy (non-hydrogen) atoms. The second-order valence-electron chi connectivity index (χ2n) is 6.28. The van der Waals surface area contributed by atoms with Crippen LogP contribution in [0.3, 0.4) is 0 Å². The van der Waals surface area contributed by atoms with E-state index in [2.05, 4.69) is 59.9 Å². The largest absolute Gasteiger partial charge is 0.334 e. The van der Waals surface area contributed by atoms with Crippen molar-refractivity contribution in [3.63, 3.8) is 0 Å². The van der Waals surface area contributed by atoms with Crippen LogP contribution in [0.2, 0.25) is 0 Å². The van der Waals surface area contributed by atoms with Crippen LogP contribution in [-0.2, 0) is 6.42 Å². The molecule has 0 bridgehead atoms. The monoisotopic (exact) mass is 298 g/mol. The molecule has 0 radical (unpaired) electrons. The minimum Gasteiger partial charge on any atom is -0.334 e. The Morgan fingerprint density at radius 3 is 2.50 bits per heavy atom. The molecule has 2 heteroatoms. The zero-order valence-corrected chi connectivity index (χ0v) is 14.1. The third-order valence-corrected chi connectivity index (χ3v) is 4.64. The van der Waals surface area contributed by atoms with E-state index in [0.29, 0.717) is 12.0 Å². The van der Waals surface area contributed by atoms with E-state index in [1.807, 2.05) is 12.5 Å². The summed E-state index contributed by atoms with van der Waals surface area (Å²) in [5, 5.41) is 0. The van der Waals surface area contributed by atoms with Gasteiger partial charge in [0.2, 0.25) is 0 Å². The summed E-state index contributed by atoms with van der Waals surface area (Å²) in [4.78, 5) is 4.25. The molecule has 0 aliphatic rings. The highest BCUT2D eigenvalue weighted by Crippen LogP contribution is 2.30. The fourth-order valence-electron chi connectivity index (χ4n) is 3.43. The topological polar surface area (TPSA) is 17.8 Å². The van der Waals surface area contributed by atoms with Crippen molar-refractivity contribution in [1.29, 1.82) is 0 Å². The van der Waals surface area contributed by atoms with Crippen molar-refractivity contribution in [2.45, 2.75) is 64.8 Å². The summed E-state index contributed by atoms with van der Waals surface area (Å²) in [6, 6.07) is 11.5. The molecule has 0 saturated carbocycles. The minimum absolute atomic E-state index is 0.560. The van der Waals surface area contributed by atoms with Crippen molar-refractivity contribution in [2.75, 3.05) is 0 Å². The summed E-state index contributed by atoms with van der Waals surface area (Å²) in [5.74, 6) is 0.693. The summed E-state index contributed by atoms with van der Waals surface area (Å²) < 4.78 is 2.31. The van der Waals surface area contributed by atoms with E-state index >= 15 is 0 Å². The quantitative estimate of drug-likeness (QED) is 0.517. The molecule has 2 nitrogen and oxygen atoms in total. The number of rotatable bonds is 10. The molecule has 0 fully saturated rings. The van der Waals surface area contributed by atoms with Crippen LogP contribution in [0.15, 0.2) is 49.1 Å². The predicted octanol–water partition coefficient (Wildman–Crippen LogP) is 5.66. The van der Waals surface area contributed by atoms with Gasteiger partial charge in [0.1, 0.15) is 0 Å². The van der Waals surface area contributed by atoms with E-state index in [-0.39, 0.29) is 0 Å². The molecule has 1 aromatic heterocycles. The summed E-state index contributed by atoms with van der Waals surface area (Å²) >= 11 is 0. The van der Waals surface area contributed by atoms with Crippen molar-refractivity contribution < 1.29 is 0 Å². The summed E-state index contributed by atoms with van der Waals surface area (Å²) in [7, 11) is 0. The van der Waals surface area contributed by atoms with Crippen molar-refractivity contribution in [3.8, 4) is 0 Å². The molecule has 0 aliphatic carbocycles. The van der Waals surface area contributed by atoms with Crippen molar-refractivity contribution in [2.24, 2.45) is 5.92 Å². The molecule has 0 spiro atoms. The standard InChI is InChI=1S/C20H30N2/c1-3-5-6-10-13-19(16-18-11-8-7-9-12-18)20(4-2)22-15-14-21-17-22/h7-9,11-12,14-15,17,19-20H,3-6,10,13,16H2,1-2H3. The Balaban J connectivity index is 2.05. The first-order chi connectivity index (χ1) is 10.8. The maximum Gasteiger partial charge on any atom is 0.0948 e. The van der Waals surface area contributed by atoms with Crippen LogP contribution in [0.5, 0.6) is 0 Å². The Hall–Kier alpha value is -1.57. The Morgan fingerprint density at radius 2 is 1.86 bits per heavy atom. The van der Waals surface area contributed by atoms with E-state index in [9.17, 15) is 0 Å². The van der Waals surface area contributed by atoms with Gasteiger partial charge in [-0.1, -0.05) is 69.9 Å². The Labute approximate surface area is 135 Å². The molecular weight excluding hydrogens is 268 g/mol. The smallest absolute Gasteiger partial charge is 0.0948 e. The first-order valence-corrected chi connectivity index (χ1v) is 8.86. The minimum atomic E-state index is 0.560. The first-order valence-electron chi connectivity index (χ1n) is 8.86. The molecule has 2 atom stereocenters. The van der Waals surface area contributed by atoms with Gasteiger partial charge in [-0.05, 0) is 30.7 Å². The molecule has 2 unspecified atom stereocenters. The Kier molecular flexibility index (Phi) is 7.21. The highest BCUT2D eigenvalue weighted by molar-refractivity contribution is 5.15. The average molecular weight is 298 g/mol. The molecule has 1 heterocycles. The number of benzene rings is 1. The van der Waals surface area contributed by atoms with Gasteiger partial charge >= 0.3 is 0 Å². The maximum atomic E-state index is 4.25. The van der Waals surface area contributed by atoms with Crippen LogP contribution in [0.1, 0.15) is 64.0 Å². The van der Waals surface area contributed by atoms with Crippen LogP contribution in [0, 0.1) is 5.92 Å². The zero-order valence-electron chi connectivity index (χ0n) is 14.1. The van der Waals surface area contributed by atoms with Gasteiger partial charge in [0.15, 0.2) is 0 Å². The number of unbranched alkanes of at least 4 members (excludes halogenated alkanes) is 3. The van der Waals surface area contributed by atoms with Crippen molar-refractivity contribution in [1.82, 2.24) is 9.55 Å². The van der Waals surface area contributed by atoms with E-state index < -0.39 is 0 Å². The van der Waals surface area contributed by atoms with Gasteiger partial charge in [0.05, 0.1) is 6.33 Å². The summed E-state index contributed by atoms with van der Waals surface area (Å²) in [6.07, 6.45) is 15.0. The van der Waals surface area contributed by atoms with Gasteiger partial charge in [0.25, 0.3) is 0 Å². The highest BCUT2D eigenvalue weighted by Gasteiger charge is 2.21. The lowest BCUT2D eigenvalue weighted by atomic mass is 9.86. The molecule has 0 amide bonds. The number of hydrogen-bond acceptors (Lipinski definition) is 1. The van der Waals surface area contributed by atoms with E-state index in [1.54, 1.807) is 0 Å². The Morgan fingerprint density at radius 1 is 1.05 bits per heavy atom. The highest BCUT2D eigenvalue weighted by atomic mass is 15.1. The van der Waals surface area contributed by atoms with Crippen LogP contribution in [-0.4, -0.2) is 9.55 Å². The van der Waals surface area contributed by atoms with Gasteiger partial charge in [0, 0.05) is 18.4 Å². The van der Waals surface area contributed by atoms with E-state index in [4.69, 9.17) is 0 Å². The van der Waals surface area contributed by atoms with Crippen molar-refractivity contribution >= 4 is 0 Å². The number of hydrogen-bond donors (Lipinski definition) is 0. The van der Waals surface area contributed by atoms with E-state index in [0.717, 1.165) is 0 Å². The molecule has 0 N–H and O–H groups in total. The third kappa shape index (κ3) is 5.01. The molecule has 120 valence electrons. The lowest BCUT2D eigenvalue weighted by molar-refractivity contribution is 0.290. The average Bonchev–Trinajstić information content (AvgIpc) is 3.07. The molecular formula is C20H30N2. The lowest BCUT2D eigenvalue weighted by Gasteiger charge is -2.28. The molecule has 0 aliphatic heterocycles. The lowest BCUT2D eigenvalue weighted by Crippen LogP contribution is -2.20. The molecule has 0 saturated heterocycles. The Bertz CT molecular complexity index is 490. The third-order valence-electron chi connectivity index (χ3n) is 4.64. The summed E-state index contributed by atoms with van der Waals surface area (Å²) in [6.45, 7) is 4.58. The molecule has 2 aromatic rings. The SMILES string of the molecule is CCCCCCC(Cc1ccccc1)C(CC)n1ccnc1. The number of aromatic nitrogens is 2. The van der Waals surface area contributed by atoms with Gasteiger partial charge in [-0.2, -0.15) is 0 Å². The van der Waals surface area contributed by atoms with Crippen LogP contribution in [0.4, 0.5) is 0 Å². The predicted molar refractivity (Wildman–Crippen MR) is 94.0 cm³/mol.